The third-order valence-electron chi connectivity index (χ3n) is 2.16. The van der Waals surface area contributed by atoms with Gasteiger partial charge in [-0.05, 0) is 12.1 Å². The Kier molecular flexibility index (Phi) is 5.61. The van der Waals surface area contributed by atoms with E-state index in [2.05, 4.69) is 15.4 Å². The Morgan fingerprint density at radius 1 is 1.50 bits per heavy atom. The van der Waals surface area contributed by atoms with E-state index in [4.69, 9.17) is 5.26 Å². The van der Waals surface area contributed by atoms with Crippen LogP contribution in [0.4, 0.5) is 10.1 Å². The van der Waals surface area contributed by atoms with E-state index in [1.807, 2.05) is 0 Å². The average molecular weight is 251 g/mol. The van der Waals surface area contributed by atoms with Crippen LogP contribution >= 0.6 is 0 Å². The van der Waals surface area contributed by atoms with Gasteiger partial charge in [0, 0.05) is 20.2 Å². The minimum Gasteiger partial charge on any atom is -0.382 e. The van der Waals surface area contributed by atoms with Gasteiger partial charge < -0.3 is 15.4 Å². The van der Waals surface area contributed by atoms with E-state index >= 15 is 0 Å². The number of hydrogen-bond donors (Lipinski definition) is 2. The first kappa shape index (κ1) is 13.9. The van der Waals surface area contributed by atoms with Crippen molar-refractivity contribution in [3.63, 3.8) is 0 Å². The van der Waals surface area contributed by atoms with Crippen molar-refractivity contribution in [1.82, 2.24) is 5.32 Å². The summed E-state index contributed by atoms with van der Waals surface area (Å²) in [6.45, 7) is 0.764. The number of carbonyl (C=O) groups is 1. The van der Waals surface area contributed by atoms with Crippen molar-refractivity contribution in [2.75, 3.05) is 32.1 Å². The van der Waals surface area contributed by atoms with Gasteiger partial charge in [0.15, 0.2) is 0 Å². The Morgan fingerprint density at radius 3 is 2.94 bits per heavy atom. The summed E-state index contributed by atoms with van der Waals surface area (Å²) in [6.07, 6.45) is 0. The van der Waals surface area contributed by atoms with Crippen LogP contribution in [0.1, 0.15) is 5.56 Å². The SMILES string of the molecule is COCC(=O)NCCNc1cccc(F)c1C#N. The Morgan fingerprint density at radius 2 is 2.28 bits per heavy atom. The number of carbonyl (C=O) groups excluding carboxylic acids is 1. The first-order chi connectivity index (χ1) is 8.69. The van der Waals surface area contributed by atoms with Gasteiger partial charge in [-0.15, -0.1) is 0 Å². The van der Waals surface area contributed by atoms with Crippen LogP contribution in [0.3, 0.4) is 0 Å². The Hall–Kier alpha value is -2.13. The highest BCUT2D eigenvalue weighted by Gasteiger charge is 2.06. The number of amides is 1. The Bertz CT molecular complexity index is 457. The van der Waals surface area contributed by atoms with E-state index in [-0.39, 0.29) is 18.1 Å². The summed E-state index contributed by atoms with van der Waals surface area (Å²) in [5.74, 6) is -0.787. The highest BCUT2D eigenvalue weighted by molar-refractivity contribution is 5.77. The van der Waals surface area contributed by atoms with Crippen LogP contribution < -0.4 is 10.6 Å². The topological polar surface area (TPSA) is 74.2 Å². The van der Waals surface area contributed by atoms with Crippen molar-refractivity contribution in [3.8, 4) is 6.07 Å². The highest BCUT2D eigenvalue weighted by atomic mass is 19.1. The van der Waals surface area contributed by atoms with Gasteiger partial charge in [0.1, 0.15) is 24.1 Å². The molecule has 5 nitrogen and oxygen atoms in total. The molecule has 6 heteroatoms. The van der Waals surface area contributed by atoms with Crippen molar-refractivity contribution in [2.24, 2.45) is 0 Å². The normalized spacial score (nSPS) is 9.61. The molecule has 0 heterocycles. The molecule has 0 bridgehead atoms. The number of benzene rings is 1. The van der Waals surface area contributed by atoms with Crippen molar-refractivity contribution in [2.45, 2.75) is 0 Å². The summed E-state index contributed by atoms with van der Waals surface area (Å²) in [6, 6.07) is 6.14. The van der Waals surface area contributed by atoms with E-state index in [1.54, 1.807) is 12.1 Å². The number of ether oxygens (including phenoxy) is 1. The molecule has 1 aromatic carbocycles. The summed E-state index contributed by atoms with van der Waals surface area (Å²) >= 11 is 0. The number of nitrogens with one attached hydrogen (secondary N) is 2. The first-order valence-electron chi connectivity index (χ1n) is 5.37. The molecule has 0 aliphatic carbocycles. The van der Waals surface area contributed by atoms with E-state index in [0.717, 1.165) is 0 Å². The molecule has 2 N–H and O–H groups in total. The smallest absolute Gasteiger partial charge is 0.246 e. The molecule has 0 aliphatic rings. The summed E-state index contributed by atoms with van der Waals surface area (Å²) in [7, 11) is 1.43. The number of hydrogen-bond acceptors (Lipinski definition) is 4. The van der Waals surface area contributed by atoms with Gasteiger partial charge >= 0.3 is 0 Å². The molecule has 0 aliphatic heterocycles. The molecular formula is C12H14FN3O2. The van der Waals surface area contributed by atoms with Gasteiger partial charge in [0.2, 0.25) is 5.91 Å². The second-order valence-corrected chi connectivity index (χ2v) is 3.48. The summed E-state index contributed by atoms with van der Waals surface area (Å²) < 4.78 is 17.9. The van der Waals surface area contributed by atoms with E-state index in [0.29, 0.717) is 18.8 Å². The molecule has 0 spiro atoms. The molecule has 18 heavy (non-hydrogen) atoms. The van der Waals surface area contributed by atoms with Gasteiger partial charge in [0.25, 0.3) is 0 Å². The molecular weight excluding hydrogens is 237 g/mol. The van der Waals surface area contributed by atoms with E-state index in [1.165, 1.54) is 19.2 Å². The Balaban J connectivity index is 2.43. The zero-order chi connectivity index (χ0) is 13.4. The number of nitriles is 1. The maximum atomic E-state index is 13.2. The zero-order valence-corrected chi connectivity index (χ0v) is 10.00. The second-order valence-electron chi connectivity index (χ2n) is 3.48. The van der Waals surface area contributed by atoms with Crippen LogP contribution in [0, 0.1) is 17.1 Å². The molecule has 0 atom stereocenters. The Labute approximate surface area is 105 Å². The van der Waals surface area contributed by atoms with Crippen LogP contribution in [0.5, 0.6) is 0 Å². The predicted molar refractivity (Wildman–Crippen MR) is 64.5 cm³/mol. The van der Waals surface area contributed by atoms with Crippen LogP contribution in [0.15, 0.2) is 18.2 Å². The lowest BCUT2D eigenvalue weighted by Gasteiger charge is -2.09. The van der Waals surface area contributed by atoms with Gasteiger partial charge in [-0.1, -0.05) is 6.07 Å². The van der Waals surface area contributed by atoms with E-state index in [9.17, 15) is 9.18 Å². The number of anilines is 1. The van der Waals surface area contributed by atoms with E-state index < -0.39 is 5.82 Å². The summed E-state index contributed by atoms with van der Waals surface area (Å²) in [5.41, 5.74) is 0.388. The average Bonchev–Trinajstić information content (AvgIpc) is 2.35. The number of halogens is 1. The lowest BCUT2D eigenvalue weighted by Crippen LogP contribution is -2.31. The van der Waals surface area contributed by atoms with Crippen LogP contribution in [0.2, 0.25) is 0 Å². The molecule has 1 aromatic rings. The largest absolute Gasteiger partial charge is 0.382 e. The van der Waals surface area contributed by atoms with Gasteiger partial charge in [-0.2, -0.15) is 5.26 Å². The fourth-order valence-corrected chi connectivity index (χ4v) is 1.37. The zero-order valence-electron chi connectivity index (χ0n) is 10.00. The van der Waals surface area contributed by atoms with Crippen molar-refractivity contribution in [1.29, 1.82) is 5.26 Å². The standard InChI is InChI=1S/C12H14FN3O2/c1-18-8-12(17)16-6-5-15-11-4-2-3-10(13)9(11)7-14/h2-4,15H,5-6,8H2,1H3,(H,16,17). The van der Waals surface area contributed by atoms with Gasteiger partial charge in [0.05, 0.1) is 5.69 Å². The predicted octanol–water partition coefficient (Wildman–Crippen LogP) is 0.872. The molecule has 0 fully saturated rings. The van der Waals surface area contributed by atoms with Crippen LogP contribution in [0.25, 0.3) is 0 Å². The van der Waals surface area contributed by atoms with Crippen LogP contribution in [-0.4, -0.2) is 32.7 Å². The molecule has 0 saturated heterocycles. The molecule has 1 amide bonds. The maximum absolute atomic E-state index is 13.2. The van der Waals surface area contributed by atoms with Gasteiger partial charge in [-0.25, -0.2) is 4.39 Å². The molecule has 0 saturated carbocycles. The quantitative estimate of drug-likeness (QED) is 0.736. The lowest BCUT2D eigenvalue weighted by molar-refractivity contribution is -0.124. The molecule has 0 radical (unpaired) electrons. The third kappa shape index (κ3) is 4.03. The minimum atomic E-state index is -0.564. The molecule has 96 valence electrons. The number of methoxy groups -OCH3 is 1. The lowest BCUT2D eigenvalue weighted by atomic mass is 10.2. The number of rotatable bonds is 6. The van der Waals surface area contributed by atoms with Crippen LogP contribution in [-0.2, 0) is 9.53 Å². The molecule has 1 rings (SSSR count). The monoisotopic (exact) mass is 251 g/mol. The number of nitrogens with zero attached hydrogens (tertiary/aromatic N) is 1. The molecule has 0 aromatic heterocycles. The van der Waals surface area contributed by atoms with Gasteiger partial charge in [-0.3, -0.25) is 4.79 Å². The fraction of sp³-hybridized carbons (Fsp3) is 0.333. The highest BCUT2D eigenvalue weighted by Crippen LogP contribution is 2.16. The molecule has 0 unspecified atom stereocenters. The van der Waals surface area contributed by atoms with Crippen molar-refractivity contribution >= 4 is 11.6 Å². The van der Waals surface area contributed by atoms with Crippen molar-refractivity contribution < 1.29 is 13.9 Å². The minimum absolute atomic E-state index is 0.00338. The first-order valence-corrected chi connectivity index (χ1v) is 5.37. The fourth-order valence-electron chi connectivity index (χ4n) is 1.37. The van der Waals surface area contributed by atoms with Crippen molar-refractivity contribution in [3.05, 3.63) is 29.6 Å². The summed E-state index contributed by atoms with van der Waals surface area (Å²) in [4.78, 5) is 11.1. The summed E-state index contributed by atoms with van der Waals surface area (Å²) in [5, 5.41) is 14.3. The second kappa shape index (κ2) is 7.25. The third-order valence-corrected chi connectivity index (χ3v) is 2.16. The maximum Gasteiger partial charge on any atom is 0.246 e.